The van der Waals surface area contributed by atoms with Gasteiger partial charge < -0.3 is 10.2 Å². The minimum Gasteiger partial charge on any atom is -0.345 e. The highest BCUT2D eigenvalue weighted by molar-refractivity contribution is 7.22. The average Bonchev–Trinajstić information content (AvgIpc) is 3.08. The van der Waals surface area contributed by atoms with Crippen molar-refractivity contribution < 1.29 is 9.59 Å². The third-order valence-corrected chi connectivity index (χ3v) is 4.93. The molecule has 4 rings (SSSR count). The van der Waals surface area contributed by atoms with Gasteiger partial charge in [0.05, 0.1) is 16.8 Å². The van der Waals surface area contributed by atoms with Crippen molar-refractivity contribution in [3.05, 3.63) is 24.3 Å². The fourth-order valence-corrected chi connectivity index (χ4v) is 3.77. The van der Waals surface area contributed by atoms with E-state index in [1.54, 1.807) is 11.3 Å². The van der Waals surface area contributed by atoms with Gasteiger partial charge in [0.15, 0.2) is 5.13 Å². The number of carbonyl (C=O) groups excluding carboxylic acids is 2. The van der Waals surface area contributed by atoms with Crippen LogP contribution in [0.4, 0.5) is 9.93 Å². The highest BCUT2D eigenvalue weighted by Crippen LogP contribution is 2.34. The Balaban J connectivity index is 1.65. The molecule has 3 amide bonds. The third kappa shape index (κ3) is 1.59. The second-order valence-electron chi connectivity index (χ2n) is 5.13. The number of hydrogen-bond acceptors (Lipinski definition) is 5. The molecule has 1 spiro atoms. The van der Waals surface area contributed by atoms with Crippen LogP contribution in [0.15, 0.2) is 24.3 Å². The van der Waals surface area contributed by atoms with Crippen molar-refractivity contribution in [3.63, 3.8) is 0 Å². The van der Waals surface area contributed by atoms with Crippen LogP contribution < -0.4 is 15.5 Å². The fraction of sp³-hybridized carbons (Fsp3) is 0.308. The molecule has 20 heavy (non-hydrogen) atoms. The average molecular weight is 288 g/mol. The number of nitrogens with zero attached hydrogens (tertiary/aromatic N) is 2. The topological polar surface area (TPSA) is 74.3 Å². The summed E-state index contributed by atoms with van der Waals surface area (Å²) in [6.07, 6.45) is 0.612. The first-order valence-corrected chi connectivity index (χ1v) is 7.22. The van der Waals surface area contributed by atoms with Crippen LogP contribution in [-0.2, 0) is 4.79 Å². The number of anilines is 1. The van der Waals surface area contributed by atoms with Gasteiger partial charge in [-0.25, -0.2) is 9.78 Å². The number of benzene rings is 1. The van der Waals surface area contributed by atoms with Crippen LogP contribution in [0.3, 0.4) is 0 Å². The number of para-hydroxylation sites is 1. The molecule has 0 bridgehead atoms. The van der Waals surface area contributed by atoms with E-state index < -0.39 is 11.6 Å². The van der Waals surface area contributed by atoms with Crippen LogP contribution in [0.25, 0.3) is 10.2 Å². The molecule has 2 fully saturated rings. The predicted molar refractivity (Wildman–Crippen MR) is 75.9 cm³/mol. The Morgan fingerprint density at radius 2 is 2.15 bits per heavy atom. The van der Waals surface area contributed by atoms with Crippen LogP contribution >= 0.6 is 11.3 Å². The Hall–Kier alpha value is -2.15. The Bertz CT molecular complexity index is 695. The Morgan fingerprint density at radius 3 is 2.90 bits per heavy atom. The summed E-state index contributed by atoms with van der Waals surface area (Å²) in [6.45, 7) is 1.19. The van der Waals surface area contributed by atoms with Gasteiger partial charge in [-0.15, -0.1) is 0 Å². The molecule has 2 saturated heterocycles. The zero-order valence-electron chi connectivity index (χ0n) is 10.5. The summed E-state index contributed by atoms with van der Waals surface area (Å²) in [7, 11) is 0. The molecular formula is C13H12N4O2S. The van der Waals surface area contributed by atoms with Crippen LogP contribution in [0.5, 0.6) is 0 Å². The van der Waals surface area contributed by atoms with Gasteiger partial charge in [0.2, 0.25) is 0 Å². The highest BCUT2D eigenvalue weighted by atomic mass is 32.1. The number of fused-ring (bicyclic) bond motifs is 1. The van der Waals surface area contributed by atoms with Gasteiger partial charge in [0, 0.05) is 6.54 Å². The van der Waals surface area contributed by atoms with Crippen molar-refractivity contribution in [1.82, 2.24) is 15.6 Å². The molecule has 1 unspecified atom stereocenters. The minimum atomic E-state index is -0.783. The largest absolute Gasteiger partial charge is 0.345 e. The van der Waals surface area contributed by atoms with Crippen LogP contribution in [0, 0.1) is 0 Å². The molecule has 1 aromatic carbocycles. The summed E-state index contributed by atoms with van der Waals surface area (Å²) < 4.78 is 1.13. The summed E-state index contributed by atoms with van der Waals surface area (Å²) in [6, 6.07) is 7.56. The van der Waals surface area contributed by atoms with Gasteiger partial charge in [-0.05, 0) is 18.6 Å². The van der Waals surface area contributed by atoms with Gasteiger partial charge in [-0.3, -0.25) is 10.1 Å². The monoisotopic (exact) mass is 288 g/mol. The molecule has 1 aromatic heterocycles. The number of hydrogen-bond donors (Lipinski definition) is 2. The smallest absolute Gasteiger partial charge is 0.322 e. The first-order valence-electron chi connectivity index (χ1n) is 6.40. The summed E-state index contributed by atoms with van der Waals surface area (Å²) in [5, 5.41) is 5.96. The quantitative estimate of drug-likeness (QED) is 0.770. The lowest BCUT2D eigenvalue weighted by Gasteiger charge is -2.20. The van der Waals surface area contributed by atoms with E-state index in [9.17, 15) is 9.59 Å². The molecule has 0 aliphatic carbocycles. The normalized spacial score (nSPS) is 25.5. The fourth-order valence-electron chi connectivity index (χ4n) is 2.78. The van der Waals surface area contributed by atoms with Crippen molar-refractivity contribution in [3.8, 4) is 0 Å². The van der Waals surface area contributed by atoms with Crippen LogP contribution in [-0.4, -0.2) is 35.6 Å². The maximum Gasteiger partial charge on any atom is 0.322 e. The van der Waals surface area contributed by atoms with Crippen molar-refractivity contribution in [2.75, 3.05) is 18.0 Å². The summed E-state index contributed by atoms with van der Waals surface area (Å²) in [5.41, 5.74) is 0.183. The first kappa shape index (κ1) is 11.7. The minimum absolute atomic E-state index is 0.230. The lowest BCUT2D eigenvalue weighted by Crippen LogP contribution is -2.49. The zero-order valence-corrected chi connectivity index (χ0v) is 11.4. The molecular weight excluding hydrogens is 276 g/mol. The lowest BCUT2D eigenvalue weighted by molar-refractivity contribution is -0.123. The zero-order chi connectivity index (χ0) is 13.7. The lowest BCUT2D eigenvalue weighted by atomic mass is 10.00. The third-order valence-electron chi connectivity index (χ3n) is 3.84. The number of rotatable bonds is 1. The van der Waals surface area contributed by atoms with E-state index >= 15 is 0 Å². The van der Waals surface area contributed by atoms with E-state index in [4.69, 9.17) is 0 Å². The Morgan fingerprint density at radius 1 is 1.30 bits per heavy atom. The molecule has 2 aliphatic rings. The Kier molecular flexibility index (Phi) is 2.29. The molecule has 3 heterocycles. The van der Waals surface area contributed by atoms with Gasteiger partial charge in [-0.1, -0.05) is 23.5 Å². The van der Waals surface area contributed by atoms with E-state index in [1.165, 1.54) is 0 Å². The Labute approximate surface area is 118 Å². The van der Waals surface area contributed by atoms with Crippen LogP contribution in [0.2, 0.25) is 0 Å². The maximum absolute atomic E-state index is 11.9. The van der Waals surface area contributed by atoms with E-state index in [-0.39, 0.29) is 5.91 Å². The molecule has 2 N–H and O–H groups in total. The SMILES string of the molecule is O=C1NC(=O)C2(CCN(c3nc4ccccc4s3)C2)N1. The van der Waals surface area contributed by atoms with Gasteiger partial charge in [-0.2, -0.15) is 0 Å². The molecule has 102 valence electrons. The summed E-state index contributed by atoms with van der Waals surface area (Å²) in [5.74, 6) is -0.230. The van der Waals surface area contributed by atoms with Gasteiger partial charge in [0.25, 0.3) is 5.91 Å². The molecule has 1 atom stereocenters. The van der Waals surface area contributed by atoms with Crippen molar-refractivity contribution in [2.24, 2.45) is 0 Å². The number of imide groups is 1. The predicted octanol–water partition coefficient (Wildman–Crippen LogP) is 1.08. The van der Waals surface area contributed by atoms with Gasteiger partial charge in [0.1, 0.15) is 5.54 Å². The van der Waals surface area contributed by atoms with E-state index in [0.717, 1.165) is 15.3 Å². The standard InChI is InChI=1S/C13H12N4O2S/c18-10-13(16-11(19)15-10)5-6-17(7-13)12-14-8-3-1-2-4-9(8)20-12/h1-4H,5-7H2,(H2,15,16,18,19). The second kappa shape index (κ2) is 3.92. The number of aromatic nitrogens is 1. The highest BCUT2D eigenvalue weighted by Gasteiger charge is 2.51. The van der Waals surface area contributed by atoms with E-state index in [0.29, 0.717) is 19.5 Å². The van der Waals surface area contributed by atoms with Crippen molar-refractivity contribution in [2.45, 2.75) is 12.0 Å². The van der Waals surface area contributed by atoms with Gasteiger partial charge >= 0.3 is 6.03 Å². The van der Waals surface area contributed by atoms with Crippen LogP contribution in [0.1, 0.15) is 6.42 Å². The van der Waals surface area contributed by atoms with E-state index in [2.05, 4.69) is 20.5 Å². The molecule has 0 saturated carbocycles. The number of amides is 3. The molecule has 6 nitrogen and oxygen atoms in total. The number of nitrogens with one attached hydrogen (secondary N) is 2. The summed E-state index contributed by atoms with van der Waals surface area (Å²) in [4.78, 5) is 29.9. The number of carbonyl (C=O) groups is 2. The van der Waals surface area contributed by atoms with Crippen molar-refractivity contribution in [1.29, 1.82) is 0 Å². The van der Waals surface area contributed by atoms with Crippen molar-refractivity contribution >= 4 is 38.6 Å². The molecule has 0 radical (unpaired) electrons. The van der Waals surface area contributed by atoms with E-state index in [1.807, 2.05) is 24.3 Å². The number of urea groups is 1. The second-order valence-corrected chi connectivity index (χ2v) is 6.14. The summed E-state index contributed by atoms with van der Waals surface area (Å²) >= 11 is 1.61. The molecule has 2 aliphatic heterocycles. The first-order chi connectivity index (χ1) is 9.66. The molecule has 7 heteroatoms. The maximum atomic E-state index is 11.9. The molecule has 2 aromatic rings. The number of thiazole rings is 1.